The molecule has 94 valence electrons. The first kappa shape index (κ1) is 13.1. The highest BCUT2D eigenvalue weighted by Crippen LogP contribution is 2.29. The van der Waals surface area contributed by atoms with Crippen LogP contribution in [0.15, 0.2) is 46.9 Å². The van der Waals surface area contributed by atoms with Crippen molar-refractivity contribution in [2.45, 2.75) is 0 Å². The van der Waals surface area contributed by atoms with Gasteiger partial charge in [0.1, 0.15) is 17.6 Å². The zero-order chi connectivity index (χ0) is 13.8. The molecule has 0 heterocycles. The minimum Gasteiger partial charge on any atom is -0.456 e. The zero-order valence-electron chi connectivity index (χ0n) is 9.54. The molecular formula is C13H7BrN2O3. The van der Waals surface area contributed by atoms with E-state index in [1.807, 2.05) is 6.07 Å². The monoisotopic (exact) mass is 318 g/mol. The van der Waals surface area contributed by atoms with Gasteiger partial charge in [0.2, 0.25) is 0 Å². The van der Waals surface area contributed by atoms with Gasteiger partial charge in [-0.05, 0) is 30.3 Å². The first-order valence-electron chi connectivity index (χ1n) is 5.22. The van der Waals surface area contributed by atoms with E-state index >= 15 is 0 Å². The Kier molecular flexibility index (Phi) is 3.78. The molecule has 0 bridgehead atoms. The Bertz CT molecular complexity index is 663. The van der Waals surface area contributed by atoms with Gasteiger partial charge in [0.25, 0.3) is 5.69 Å². The Labute approximate surface area is 117 Å². The van der Waals surface area contributed by atoms with Crippen LogP contribution in [0, 0.1) is 21.4 Å². The van der Waals surface area contributed by atoms with E-state index in [1.54, 1.807) is 18.2 Å². The minimum atomic E-state index is -0.483. The summed E-state index contributed by atoms with van der Waals surface area (Å²) in [6.07, 6.45) is 0. The van der Waals surface area contributed by atoms with Crippen LogP contribution in [0.1, 0.15) is 5.56 Å². The van der Waals surface area contributed by atoms with E-state index in [9.17, 15) is 10.1 Å². The second kappa shape index (κ2) is 5.50. The second-order valence-corrected chi connectivity index (χ2v) is 4.52. The summed E-state index contributed by atoms with van der Waals surface area (Å²) in [5.74, 6) is 0.825. The molecular weight excluding hydrogens is 312 g/mol. The third-order valence-electron chi connectivity index (χ3n) is 2.34. The van der Waals surface area contributed by atoms with Crippen LogP contribution in [0.3, 0.4) is 0 Å². The van der Waals surface area contributed by atoms with E-state index in [2.05, 4.69) is 15.9 Å². The topological polar surface area (TPSA) is 76.2 Å². The highest BCUT2D eigenvalue weighted by Gasteiger charge is 2.08. The summed E-state index contributed by atoms with van der Waals surface area (Å²) in [5.41, 5.74) is 0.378. The number of halogens is 1. The summed E-state index contributed by atoms with van der Waals surface area (Å²) < 4.78 is 6.32. The molecule has 0 aromatic heterocycles. The lowest BCUT2D eigenvalue weighted by atomic mass is 10.2. The van der Waals surface area contributed by atoms with Gasteiger partial charge < -0.3 is 4.74 Å². The molecule has 0 N–H and O–H groups in total. The summed E-state index contributed by atoms with van der Waals surface area (Å²) in [4.78, 5) is 10.0. The van der Waals surface area contributed by atoms with Crippen LogP contribution in [0.25, 0.3) is 0 Å². The molecule has 0 spiro atoms. The van der Waals surface area contributed by atoms with Crippen molar-refractivity contribution in [1.82, 2.24) is 0 Å². The van der Waals surface area contributed by atoms with E-state index in [4.69, 9.17) is 10.00 Å². The second-order valence-electron chi connectivity index (χ2n) is 3.61. The van der Waals surface area contributed by atoms with Crippen LogP contribution in [0.5, 0.6) is 11.5 Å². The molecule has 0 aliphatic heterocycles. The predicted octanol–water partition coefficient (Wildman–Crippen LogP) is 4.02. The van der Waals surface area contributed by atoms with Crippen molar-refractivity contribution in [3.8, 4) is 17.6 Å². The Morgan fingerprint density at radius 2 is 1.89 bits per heavy atom. The van der Waals surface area contributed by atoms with Crippen molar-refractivity contribution in [3.63, 3.8) is 0 Å². The molecule has 5 nitrogen and oxygen atoms in total. The minimum absolute atomic E-state index is 0.0119. The lowest BCUT2D eigenvalue weighted by Gasteiger charge is -2.07. The van der Waals surface area contributed by atoms with Gasteiger partial charge in [-0.1, -0.05) is 15.9 Å². The lowest BCUT2D eigenvalue weighted by molar-refractivity contribution is -0.384. The summed E-state index contributed by atoms with van der Waals surface area (Å²) in [7, 11) is 0. The molecule has 0 fully saturated rings. The average molecular weight is 319 g/mol. The summed E-state index contributed by atoms with van der Waals surface area (Å²) >= 11 is 3.29. The molecule has 0 aliphatic rings. The normalized spacial score (nSPS) is 9.68. The Hall–Kier alpha value is -2.39. The van der Waals surface area contributed by atoms with Gasteiger partial charge in [0, 0.05) is 16.6 Å². The van der Waals surface area contributed by atoms with Gasteiger partial charge in [0.05, 0.1) is 10.5 Å². The molecule has 0 radical (unpaired) electrons. The van der Waals surface area contributed by atoms with E-state index in [-0.39, 0.29) is 5.69 Å². The Balaban J connectivity index is 2.28. The molecule has 0 amide bonds. The van der Waals surface area contributed by atoms with E-state index in [0.29, 0.717) is 17.1 Å². The predicted molar refractivity (Wildman–Crippen MR) is 72.0 cm³/mol. The van der Waals surface area contributed by atoms with Gasteiger partial charge in [0.15, 0.2) is 0 Å². The number of nitrogens with zero attached hydrogens (tertiary/aromatic N) is 2. The quantitative estimate of drug-likeness (QED) is 0.632. The van der Waals surface area contributed by atoms with Crippen LogP contribution in [0.4, 0.5) is 5.69 Å². The number of nitriles is 1. The van der Waals surface area contributed by atoms with Crippen LogP contribution in [0.2, 0.25) is 0 Å². The fourth-order valence-corrected chi connectivity index (χ4v) is 1.78. The third-order valence-corrected chi connectivity index (χ3v) is 2.83. The molecule has 2 aromatic carbocycles. The maximum atomic E-state index is 10.5. The number of hydrogen-bond acceptors (Lipinski definition) is 4. The number of nitro benzene ring substituents is 1. The van der Waals surface area contributed by atoms with Gasteiger partial charge in [-0.3, -0.25) is 10.1 Å². The molecule has 0 aliphatic carbocycles. The molecule has 0 saturated heterocycles. The number of rotatable bonds is 3. The van der Waals surface area contributed by atoms with Gasteiger partial charge in [-0.25, -0.2) is 0 Å². The van der Waals surface area contributed by atoms with E-state index < -0.39 is 4.92 Å². The third kappa shape index (κ3) is 3.09. The molecule has 0 saturated carbocycles. The van der Waals surface area contributed by atoms with Crippen LogP contribution < -0.4 is 4.74 Å². The molecule has 19 heavy (non-hydrogen) atoms. The van der Waals surface area contributed by atoms with Crippen molar-refractivity contribution >= 4 is 21.6 Å². The lowest BCUT2D eigenvalue weighted by Crippen LogP contribution is -1.90. The first-order chi connectivity index (χ1) is 9.10. The Morgan fingerprint density at radius 3 is 2.47 bits per heavy atom. The number of hydrogen-bond donors (Lipinski definition) is 0. The highest BCUT2D eigenvalue weighted by atomic mass is 79.9. The van der Waals surface area contributed by atoms with Crippen molar-refractivity contribution in [3.05, 3.63) is 62.6 Å². The Morgan fingerprint density at radius 1 is 1.21 bits per heavy atom. The molecule has 0 unspecified atom stereocenters. The van der Waals surface area contributed by atoms with Crippen molar-refractivity contribution in [2.24, 2.45) is 0 Å². The molecule has 0 atom stereocenters. The van der Waals surface area contributed by atoms with Crippen LogP contribution in [-0.2, 0) is 0 Å². The van der Waals surface area contributed by atoms with Gasteiger partial charge >= 0.3 is 0 Å². The van der Waals surface area contributed by atoms with Gasteiger partial charge in [-0.15, -0.1) is 0 Å². The van der Waals surface area contributed by atoms with Crippen molar-refractivity contribution in [1.29, 1.82) is 5.26 Å². The van der Waals surface area contributed by atoms with Crippen LogP contribution >= 0.6 is 15.9 Å². The fraction of sp³-hybridized carbons (Fsp3) is 0. The average Bonchev–Trinajstić information content (AvgIpc) is 2.39. The van der Waals surface area contributed by atoms with Gasteiger partial charge in [-0.2, -0.15) is 5.26 Å². The largest absolute Gasteiger partial charge is 0.456 e. The summed E-state index contributed by atoms with van der Waals surface area (Å²) in [6, 6.07) is 12.7. The standard InChI is InChI=1S/C13H7BrN2O3/c14-10-2-1-9(8-15)13(7-10)19-12-5-3-11(4-6-12)16(17)18/h1-7H. The van der Waals surface area contributed by atoms with Crippen molar-refractivity contribution in [2.75, 3.05) is 0 Å². The smallest absolute Gasteiger partial charge is 0.269 e. The maximum absolute atomic E-state index is 10.5. The summed E-state index contributed by atoms with van der Waals surface area (Å²) in [5, 5.41) is 19.5. The zero-order valence-corrected chi connectivity index (χ0v) is 11.1. The first-order valence-corrected chi connectivity index (χ1v) is 6.01. The fourth-order valence-electron chi connectivity index (χ4n) is 1.44. The molecule has 2 aromatic rings. The number of nitro groups is 1. The molecule has 2 rings (SSSR count). The van der Waals surface area contributed by atoms with Crippen molar-refractivity contribution < 1.29 is 9.66 Å². The highest BCUT2D eigenvalue weighted by molar-refractivity contribution is 9.10. The molecule has 6 heteroatoms. The van der Waals surface area contributed by atoms with E-state index in [1.165, 1.54) is 24.3 Å². The number of ether oxygens (including phenoxy) is 1. The maximum Gasteiger partial charge on any atom is 0.269 e. The number of non-ortho nitro benzene ring substituents is 1. The summed E-state index contributed by atoms with van der Waals surface area (Å²) in [6.45, 7) is 0. The SMILES string of the molecule is N#Cc1ccc(Br)cc1Oc1ccc([N+](=O)[O-])cc1. The van der Waals surface area contributed by atoms with E-state index in [0.717, 1.165) is 4.47 Å². The number of benzene rings is 2. The van der Waals surface area contributed by atoms with Crippen LogP contribution in [-0.4, -0.2) is 4.92 Å².